The second-order valence-electron chi connectivity index (χ2n) is 5.60. The summed E-state index contributed by atoms with van der Waals surface area (Å²) in [5.74, 6) is -0.711. The average Bonchev–Trinajstić information content (AvgIpc) is 2.61. The van der Waals surface area contributed by atoms with Gasteiger partial charge in [-0.3, -0.25) is 9.78 Å². The Bertz CT molecular complexity index is 870. The summed E-state index contributed by atoms with van der Waals surface area (Å²) in [6, 6.07) is 4.21. The monoisotopic (exact) mass is 346 g/mol. The number of hydrogen-bond donors (Lipinski definition) is 2. The molecule has 0 spiro atoms. The molecule has 1 amide bonds. The molecule has 132 valence electrons. The van der Waals surface area contributed by atoms with Crippen LogP contribution in [-0.4, -0.2) is 64.8 Å². The third-order valence-electron chi connectivity index (χ3n) is 4.05. The van der Waals surface area contributed by atoms with Gasteiger partial charge in [-0.1, -0.05) is 0 Å². The molecule has 1 aromatic heterocycles. The van der Waals surface area contributed by atoms with Crippen LogP contribution in [0.25, 0.3) is 10.9 Å². The number of rotatable bonds is 3. The third kappa shape index (κ3) is 3.39. The molecule has 2 aromatic rings. The zero-order chi connectivity index (χ0) is 18.0. The number of aromatic carboxylic acids is 1. The fourth-order valence-electron chi connectivity index (χ4n) is 2.73. The number of hydrogen-bond acceptors (Lipinski definition) is 6. The summed E-state index contributed by atoms with van der Waals surface area (Å²) in [7, 11) is 0. The largest absolute Gasteiger partial charge is 0.478 e. The minimum Gasteiger partial charge on any atom is -0.478 e. The molecule has 1 saturated heterocycles. The van der Waals surface area contributed by atoms with Gasteiger partial charge in [-0.2, -0.15) is 0 Å². The number of aromatic nitrogens is 2. The molecule has 25 heavy (non-hydrogen) atoms. The Morgan fingerprint density at radius 2 is 2.00 bits per heavy atom. The molecule has 0 unspecified atom stereocenters. The molecule has 2 N–H and O–H groups in total. The Kier molecular flexibility index (Phi) is 4.55. The zero-order valence-corrected chi connectivity index (χ0v) is 13.7. The molecule has 2 heterocycles. The number of benzene rings is 1. The number of H-pyrrole nitrogens is 1. The standard InChI is InChI=1S/C16H18N4O5/c1-2-25-16(24)20-7-5-19(6-8-20)15-17-12-9-10(14(22)23)3-4-11(12)13(21)18-15/h3-4,9H,2,5-8H2,1H3,(H,22,23)(H,17,18,21). The molecular weight excluding hydrogens is 328 g/mol. The summed E-state index contributed by atoms with van der Waals surface area (Å²) in [6.45, 7) is 3.97. The predicted molar refractivity (Wildman–Crippen MR) is 90.1 cm³/mol. The van der Waals surface area contributed by atoms with Crippen molar-refractivity contribution in [3.63, 3.8) is 0 Å². The average molecular weight is 346 g/mol. The first-order chi connectivity index (χ1) is 12.0. The Balaban J connectivity index is 1.83. The van der Waals surface area contributed by atoms with Crippen LogP contribution in [0.4, 0.5) is 10.7 Å². The van der Waals surface area contributed by atoms with Gasteiger partial charge >= 0.3 is 12.1 Å². The lowest BCUT2D eigenvalue weighted by Gasteiger charge is -2.34. The van der Waals surface area contributed by atoms with Crippen molar-refractivity contribution in [3.8, 4) is 0 Å². The second-order valence-corrected chi connectivity index (χ2v) is 5.60. The molecule has 0 atom stereocenters. The Labute approximate surface area is 142 Å². The number of piperazine rings is 1. The van der Waals surface area contributed by atoms with Crippen LogP contribution in [0, 0.1) is 0 Å². The lowest BCUT2D eigenvalue weighted by molar-refractivity contribution is 0.0697. The topological polar surface area (TPSA) is 116 Å². The van der Waals surface area contributed by atoms with E-state index in [2.05, 4.69) is 9.97 Å². The van der Waals surface area contributed by atoms with Crippen molar-refractivity contribution < 1.29 is 19.4 Å². The van der Waals surface area contributed by atoms with Gasteiger partial charge in [0.15, 0.2) is 0 Å². The molecule has 1 aliphatic heterocycles. The fraction of sp³-hybridized carbons (Fsp3) is 0.375. The quantitative estimate of drug-likeness (QED) is 0.848. The van der Waals surface area contributed by atoms with Crippen molar-refractivity contribution in [1.29, 1.82) is 0 Å². The normalized spacial score (nSPS) is 14.6. The molecule has 3 rings (SSSR count). The summed E-state index contributed by atoms with van der Waals surface area (Å²) in [5, 5.41) is 9.42. The maximum absolute atomic E-state index is 12.2. The number of nitrogens with one attached hydrogen (secondary N) is 1. The van der Waals surface area contributed by atoms with Gasteiger partial charge in [-0.15, -0.1) is 0 Å². The third-order valence-corrected chi connectivity index (χ3v) is 4.05. The van der Waals surface area contributed by atoms with E-state index < -0.39 is 5.97 Å². The van der Waals surface area contributed by atoms with Crippen LogP contribution < -0.4 is 10.5 Å². The number of amides is 1. The van der Waals surface area contributed by atoms with Crippen LogP contribution in [0.1, 0.15) is 17.3 Å². The van der Waals surface area contributed by atoms with Crippen LogP contribution >= 0.6 is 0 Å². The SMILES string of the molecule is CCOC(=O)N1CCN(c2nc3cc(C(=O)O)ccc3c(=O)[nH]2)CC1. The van der Waals surface area contributed by atoms with E-state index in [1.807, 2.05) is 4.90 Å². The van der Waals surface area contributed by atoms with E-state index in [0.29, 0.717) is 49.6 Å². The molecule has 0 aliphatic carbocycles. The summed E-state index contributed by atoms with van der Waals surface area (Å²) < 4.78 is 4.97. The van der Waals surface area contributed by atoms with Crippen LogP contribution in [0.3, 0.4) is 0 Å². The van der Waals surface area contributed by atoms with Crippen LogP contribution in [0.5, 0.6) is 0 Å². The number of fused-ring (bicyclic) bond motifs is 1. The molecule has 0 saturated carbocycles. The second kappa shape index (κ2) is 6.80. The van der Waals surface area contributed by atoms with E-state index >= 15 is 0 Å². The first kappa shape index (κ1) is 16.7. The minimum atomic E-state index is -1.08. The number of carboxylic acid groups (broad SMARTS) is 1. The molecule has 1 fully saturated rings. The van der Waals surface area contributed by atoms with Crippen molar-refractivity contribution in [1.82, 2.24) is 14.9 Å². The van der Waals surface area contributed by atoms with Gasteiger partial charge in [-0.05, 0) is 25.1 Å². The summed E-state index contributed by atoms with van der Waals surface area (Å²) >= 11 is 0. The first-order valence-electron chi connectivity index (χ1n) is 7.93. The van der Waals surface area contributed by atoms with Crippen LogP contribution in [-0.2, 0) is 4.74 Å². The van der Waals surface area contributed by atoms with Crippen molar-refractivity contribution in [2.75, 3.05) is 37.7 Å². The molecular formula is C16H18N4O5. The maximum Gasteiger partial charge on any atom is 0.409 e. The lowest BCUT2D eigenvalue weighted by Crippen LogP contribution is -2.49. The number of ether oxygens (including phenoxy) is 1. The number of carbonyl (C=O) groups is 2. The highest BCUT2D eigenvalue weighted by Gasteiger charge is 2.23. The van der Waals surface area contributed by atoms with E-state index in [4.69, 9.17) is 9.84 Å². The fourth-order valence-corrected chi connectivity index (χ4v) is 2.73. The zero-order valence-electron chi connectivity index (χ0n) is 13.7. The Hall–Kier alpha value is -3.10. The van der Waals surface area contributed by atoms with E-state index in [0.717, 1.165) is 0 Å². The molecule has 1 aromatic carbocycles. The van der Waals surface area contributed by atoms with E-state index in [1.54, 1.807) is 11.8 Å². The van der Waals surface area contributed by atoms with E-state index in [-0.39, 0.29) is 17.2 Å². The van der Waals surface area contributed by atoms with Crippen molar-refractivity contribution in [3.05, 3.63) is 34.1 Å². The number of carboxylic acids is 1. The highest BCUT2D eigenvalue weighted by Crippen LogP contribution is 2.16. The van der Waals surface area contributed by atoms with Crippen molar-refractivity contribution in [2.24, 2.45) is 0 Å². The van der Waals surface area contributed by atoms with E-state index in [1.165, 1.54) is 18.2 Å². The van der Waals surface area contributed by atoms with Gasteiger partial charge in [-0.25, -0.2) is 14.6 Å². The number of carbonyl (C=O) groups excluding carboxylic acids is 1. The lowest BCUT2D eigenvalue weighted by atomic mass is 10.1. The minimum absolute atomic E-state index is 0.0729. The van der Waals surface area contributed by atoms with Gasteiger partial charge < -0.3 is 19.6 Å². The smallest absolute Gasteiger partial charge is 0.409 e. The number of nitrogens with zero attached hydrogens (tertiary/aromatic N) is 3. The molecule has 9 heteroatoms. The Morgan fingerprint density at radius 3 is 2.64 bits per heavy atom. The molecule has 9 nitrogen and oxygen atoms in total. The van der Waals surface area contributed by atoms with Gasteiger partial charge in [0, 0.05) is 26.2 Å². The summed E-state index contributed by atoms with van der Waals surface area (Å²) in [5.41, 5.74) is 0.0694. The highest BCUT2D eigenvalue weighted by atomic mass is 16.6. The predicted octanol–water partition coefficient (Wildman–Crippen LogP) is 0.900. The summed E-state index contributed by atoms with van der Waals surface area (Å²) in [6.07, 6.45) is -0.354. The van der Waals surface area contributed by atoms with Gasteiger partial charge in [0.2, 0.25) is 5.95 Å². The van der Waals surface area contributed by atoms with E-state index in [9.17, 15) is 14.4 Å². The Morgan fingerprint density at radius 1 is 1.28 bits per heavy atom. The van der Waals surface area contributed by atoms with Crippen molar-refractivity contribution >= 4 is 28.9 Å². The van der Waals surface area contributed by atoms with Crippen LogP contribution in [0.15, 0.2) is 23.0 Å². The molecule has 0 radical (unpaired) electrons. The van der Waals surface area contributed by atoms with Gasteiger partial charge in [0.05, 0.1) is 23.1 Å². The highest BCUT2D eigenvalue weighted by molar-refractivity contribution is 5.93. The number of anilines is 1. The molecule has 0 bridgehead atoms. The summed E-state index contributed by atoms with van der Waals surface area (Å²) in [4.78, 5) is 45.6. The maximum atomic E-state index is 12.2. The number of aromatic amines is 1. The van der Waals surface area contributed by atoms with Crippen molar-refractivity contribution in [2.45, 2.75) is 6.92 Å². The van der Waals surface area contributed by atoms with Gasteiger partial charge in [0.25, 0.3) is 5.56 Å². The van der Waals surface area contributed by atoms with Crippen LogP contribution in [0.2, 0.25) is 0 Å². The van der Waals surface area contributed by atoms with Gasteiger partial charge in [0.1, 0.15) is 0 Å². The first-order valence-corrected chi connectivity index (χ1v) is 7.93. The molecule has 1 aliphatic rings.